The van der Waals surface area contributed by atoms with Crippen LogP contribution in [0.5, 0.6) is 11.5 Å². The number of hydrogen-bond donors (Lipinski definition) is 1. The molecule has 1 N–H and O–H groups in total. The van der Waals surface area contributed by atoms with Gasteiger partial charge in [-0.25, -0.2) is 0 Å². The third kappa shape index (κ3) is 9.02. The molecule has 186 valence electrons. The highest BCUT2D eigenvalue weighted by Gasteiger charge is 2.33. The summed E-state index contributed by atoms with van der Waals surface area (Å²) in [5.74, 6) is 1.54. The van der Waals surface area contributed by atoms with E-state index in [1.165, 1.54) is 6.92 Å². The quantitative estimate of drug-likeness (QED) is 0.251. The van der Waals surface area contributed by atoms with Gasteiger partial charge in [-0.2, -0.15) is 0 Å². The van der Waals surface area contributed by atoms with Gasteiger partial charge in [0.25, 0.3) is 0 Å². The maximum absolute atomic E-state index is 11.6. The molecule has 0 bridgehead atoms. The van der Waals surface area contributed by atoms with Gasteiger partial charge < -0.3 is 14.6 Å². The summed E-state index contributed by atoms with van der Waals surface area (Å²) in [6.45, 7) is 12.3. The number of esters is 1. The number of fused-ring (bicyclic) bond motifs is 1. The first-order chi connectivity index (χ1) is 15.5. The third-order valence-corrected chi connectivity index (χ3v) is 6.96. The second-order valence-corrected chi connectivity index (χ2v) is 10.8. The molecule has 0 aromatic heterocycles. The molecule has 0 aliphatic carbocycles. The summed E-state index contributed by atoms with van der Waals surface area (Å²) < 4.78 is 11.7. The molecule has 0 saturated carbocycles. The average Bonchev–Trinajstić information content (AvgIpc) is 2.71. The number of benzene rings is 1. The van der Waals surface area contributed by atoms with Crippen molar-refractivity contribution in [1.82, 2.24) is 0 Å². The van der Waals surface area contributed by atoms with Crippen LogP contribution in [-0.2, 0) is 16.0 Å². The van der Waals surface area contributed by atoms with Crippen LogP contribution in [0.3, 0.4) is 0 Å². The topological polar surface area (TPSA) is 72.8 Å². The number of carboxylic acids is 1. The second kappa shape index (κ2) is 12.4. The van der Waals surface area contributed by atoms with E-state index in [1.54, 1.807) is 0 Å². The Morgan fingerprint density at radius 2 is 1.76 bits per heavy atom. The fourth-order valence-electron chi connectivity index (χ4n) is 4.81. The molecule has 1 heterocycles. The molecule has 3 unspecified atom stereocenters. The van der Waals surface area contributed by atoms with Crippen molar-refractivity contribution in [3.05, 3.63) is 23.3 Å². The molecule has 0 radical (unpaired) electrons. The number of carboxylic acid groups (broad SMARTS) is 1. The zero-order valence-corrected chi connectivity index (χ0v) is 21.5. The van der Waals surface area contributed by atoms with Gasteiger partial charge in [0.15, 0.2) is 0 Å². The highest BCUT2D eigenvalue weighted by atomic mass is 16.5. The van der Waals surface area contributed by atoms with Crippen LogP contribution in [0.1, 0.15) is 104 Å². The monoisotopic (exact) mass is 460 g/mol. The summed E-state index contributed by atoms with van der Waals surface area (Å²) in [7, 11) is 0. The van der Waals surface area contributed by atoms with E-state index in [2.05, 4.69) is 27.7 Å². The molecular weight excluding hydrogens is 416 g/mol. The zero-order chi connectivity index (χ0) is 24.6. The third-order valence-electron chi connectivity index (χ3n) is 6.96. The zero-order valence-electron chi connectivity index (χ0n) is 21.5. The van der Waals surface area contributed by atoms with Crippen molar-refractivity contribution >= 4 is 11.9 Å². The summed E-state index contributed by atoms with van der Waals surface area (Å²) in [4.78, 5) is 22.9. The molecule has 1 aromatic rings. The van der Waals surface area contributed by atoms with Gasteiger partial charge in [0.05, 0.1) is 5.92 Å². The van der Waals surface area contributed by atoms with Crippen LogP contribution in [0.4, 0.5) is 0 Å². The van der Waals surface area contributed by atoms with E-state index in [9.17, 15) is 14.7 Å². The maximum Gasteiger partial charge on any atom is 0.308 e. The summed E-state index contributed by atoms with van der Waals surface area (Å²) >= 11 is 0. The van der Waals surface area contributed by atoms with E-state index < -0.39 is 5.97 Å². The van der Waals surface area contributed by atoms with Gasteiger partial charge in [0.2, 0.25) is 0 Å². The number of carbonyl (C=O) groups is 2. The molecule has 1 aliphatic rings. The molecule has 5 heteroatoms. The molecular formula is C28H44O5. The molecule has 5 nitrogen and oxygen atoms in total. The Morgan fingerprint density at radius 1 is 1.09 bits per heavy atom. The van der Waals surface area contributed by atoms with Crippen molar-refractivity contribution in [2.45, 2.75) is 111 Å². The van der Waals surface area contributed by atoms with Gasteiger partial charge in [-0.3, -0.25) is 9.59 Å². The Bertz CT molecular complexity index is 800. The van der Waals surface area contributed by atoms with Crippen molar-refractivity contribution < 1.29 is 24.2 Å². The predicted molar refractivity (Wildman–Crippen MR) is 132 cm³/mol. The minimum atomic E-state index is -0.638. The molecule has 0 amide bonds. The first-order valence-corrected chi connectivity index (χ1v) is 12.7. The minimum absolute atomic E-state index is 0.199. The Kier molecular flexibility index (Phi) is 10.2. The van der Waals surface area contributed by atoms with E-state index in [1.807, 2.05) is 19.1 Å². The average molecular weight is 461 g/mol. The second-order valence-electron chi connectivity index (χ2n) is 10.8. The van der Waals surface area contributed by atoms with Crippen molar-refractivity contribution in [2.75, 3.05) is 0 Å². The number of ether oxygens (including phenoxy) is 2. The van der Waals surface area contributed by atoms with Crippen molar-refractivity contribution in [3.63, 3.8) is 0 Å². The van der Waals surface area contributed by atoms with Crippen LogP contribution >= 0.6 is 0 Å². The Labute approximate surface area is 200 Å². The van der Waals surface area contributed by atoms with Gasteiger partial charge in [-0.05, 0) is 87.5 Å². The standard InChI is InChI=1S/C28H44O5/c1-19(2)9-7-11-23(27(30)31)12-8-10-20(3)13-15-28(6)16-14-24-18-25(32-22(5)29)17-21(4)26(24)33-28/h17-20,23H,7-16H2,1-6H3,(H,30,31). The van der Waals surface area contributed by atoms with Crippen LogP contribution in [0.2, 0.25) is 0 Å². The van der Waals surface area contributed by atoms with Gasteiger partial charge >= 0.3 is 11.9 Å². The van der Waals surface area contributed by atoms with Gasteiger partial charge in [-0.1, -0.05) is 46.5 Å². The fourth-order valence-corrected chi connectivity index (χ4v) is 4.81. The van der Waals surface area contributed by atoms with Crippen molar-refractivity contribution in [1.29, 1.82) is 0 Å². The number of aliphatic carboxylic acids is 1. The fraction of sp³-hybridized carbons (Fsp3) is 0.714. The predicted octanol–water partition coefficient (Wildman–Crippen LogP) is 7.12. The molecule has 0 spiro atoms. The molecule has 1 aliphatic heterocycles. The molecule has 2 rings (SSSR count). The van der Waals surface area contributed by atoms with Crippen LogP contribution < -0.4 is 9.47 Å². The van der Waals surface area contributed by atoms with Crippen LogP contribution in [-0.4, -0.2) is 22.6 Å². The minimum Gasteiger partial charge on any atom is -0.487 e. The van der Waals surface area contributed by atoms with E-state index >= 15 is 0 Å². The molecule has 3 atom stereocenters. The highest BCUT2D eigenvalue weighted by molar-refractivity contribution is 5.70. The Hall–Kier alpha value is -2.04. The van der Waals surface area contributed by atoms with Gasteiger partial charge in [-0.15, -0.1) is 0 Å². The Balaban J connectivity index is 1.81. The largest absolute Gasteiger partial charge is 0.487 e. The Morgan fingerprint density at radius 3 is 2.36 bits per heavy atom. The molecule has 1 aromatic carbocycles. The van der Waals surface area contributed by atoms with E-state index in [0.717, 1.165) is 81.1 Å². The van der Waals surface area contributed by atoms with Crippen molar-refractivity contribution in [3.8, 4) is 11.5 Å². The molecule has 0 fully saturated rings. The lowest BCUT2D eigenvalue weighted by molar-refractivity contribution is -0.142. The van der Waals surface area contributed by atoms with Gasteiger partial charge in [0.1, 0.15) is 17.1 Å². The van der Waals surface area contributed by atoms with E-state index in [0.29, 0.717) is 17.6 Å². The molecule has 33 heavy (non-hydrogen) atoms. The smallest absolute Gasteiger partial charge is 0.308 e. The lowest BCUT2D eigenvalue weighted by atomic mass is 9.84. The number of carbonyl (C=O) groups excluding carboxylic acids is 1. The maximum atomic E-state index is 11.6. The van der Waals surface area contributed by atoms with Crippen LogP contribution in [0.15, 0.2) is 12.1 Å². The summed E-state index contributed by atoms with van der Waals surface area (Å²) in [6, 6.07) is 3.79. The normalized spacial score (nSPS) is 19.5. The summed E-state index contributed by atoms with van der Waals surface area (Å²) in [5, 5.41) is 9.53. The van der Waals surface area contributed by atoms with Gasteiger partial charge in [0, 0.05) is 6.92 Å². The number of rotatable bonds is 13. The van der Waals surface area contributed by atoms with E-state index in [4.69, 9.17) is 9.47 Å². The number of hydrogen-bond acceptors (Lipinski definition) is 4. The summed E-state index contributed by atoms with van der Waals surface area (Å²) in [6.07, 6.45) is 9.62. The molecule has 0 saturated heterocycles. The van der Waals surface area contributed by atoms with E-state index in [-0.39, 0.29) is 17.5 Å². The lowest BCUT2D eigenvalue weighted by Gasteiger charge is -2.37. The summed E-state index contributed by atoms with van der Waals surface area (Å²) in [5.41, 5.74) is 1.91. The number of aryl methyl sites for hydroxylation is 2. The first kappa shape index (κ1) is 27.2. The van der Waals surface area contributed by atoms with Crippen molar-refractivity contribution in [2.24, 2.45) is 17.8 Å². The highest BCUT2D eigenvalue weighted by Crippen LogP contribution is 2.40. The van der Waals surface area contributed by atoms with Crippen LogP contribution in [0, 0.1) is 24.7 Å². The lowest BCUT2D eigenvalue weighted by Crippen LogP contribution is -2.37. The SMILES string of the molecule is CC(=O)Oc1cc(C)c2c(c1)CCC(C)(CCC(C)CCCC(CCCC(C)C)C(=O)O)O2. The van der Waals surface area contributed by atoms with Crippen LogP contribution in [0.25, 0.3) is 0 Å². The first-order valence-electron chi connectivity index (χ1n) is 12.7.